The number of rotatable bonds is 3. The molecule has 0 unspecified atom stereocenters. The van der Waals surface area contributed by atoms with Gasteiger partial charge in [-0.1, -0.05) is 54.6 Å². The number of ether oxygens (including phenoxy) is 1. The smallest absolute Gasteiger partial charge is 0.145 e. The van der Waals surface area contributed by atoms with Crippen molar-refractivity contribution in [2.45, 2.75) is 13.5 Å². The van der Waals surface area contributed by atoms with Crippen molar-refractivity contribution in [1.82, 2.24) is 4.98 Å². The summed E-state index contributed by atoms with van der Waals surface area (Å²) in [7, 11) is 0. The summed E-state index contributed by atoms with van der Waals surface area (Å²) in [5.41, 5.74) is 2.19. The molecule has 0 aliphatic rings. The average molecular weight is 249 g/mol. The SMILES string of the molecule is Cc1ncc(OCc2ccccc2)c2ccccc12. The van der Waals surface area contributed by atoms with Crippen LogP contribution in [0.4, 0.5) is 0 Å². The molecule has 94 valence electrons. The molecule has 2 aromatic carbocycles. The normalized spacial score (nSPS) is 10.6. The Balaban J connectivity index is 1.91. The maximum Gasteiger partial charge on any atom is 0.145 e. The van der Waals surface area contributed by atoms with Gasteiger partial charge in [-0.15, -0.1) is 0 Å². The summed E-state index contributed by atoms with van der Waals surface area (Å²) in [4.78, 5) is 4.39. The van der Waals surface area contributed by atoms with Crippen LogP contribution in [0.15, 0.2) is 60.8 Å². The lowest BCUT2D eigenvalue weighted by Gasteiger charge is -2.10. The van der Waals surface area contributed by atoms with Crippen molar-refractivity contribution in [3.63, 3.8) is 0 Å². The number of hydrogen-bond acceptors (Lipinski definition) is 2. The van der Waals surface area contributed by atoms with Crippen molar-refractivity contribution < 1.29 is 4.74 Å². The number of hydrogen-bond donors (Lipinski definition) is 0. The van der Waals surface area contributed by atoms with Crippen LogP contribution in [0.2, 0.25) is 0 Å². The summed E-state index contributed by atoms with van der Waals surface area (Å²) in [5.74, 6) is 0.838. The standard InChI is InChI=1S/C17H15NO/c1-13-15-9-5-6-10-16(15)17(11-18-13)19-12-14-7-3-2-4-8-14/h2-11H,12H2,1H3. The van der Waals surface area contributed by atoms with Crippen molar-refractivity contribution in [2.75, 3.05) is 0 Å². The predicted octanol–water partition coefficient (Wildman–Crippen LogP) is 4.12. The van der Waals surface area contributed by atoms with Crippen molar-refractivity contribution in [2.24, 2.45) is 0 Å². The first kappa shape index (κ1) is 11.7. The summed E-state index contributed by atoms with van der Waals surface area (Å²) in [5, 5.41) is 2.26. The Morgan fingerprint density at radius 2 is 1.58 bits per heavy atom. The molecule has 3 rings (SSSR count). The minimum absolute atomic E-state index is 0.565. The Morgan fingerprint density at radius 1 is 0.895 bits per heavy atom. The van der Waals surface area contributed by atoms with E-state index >= 15 is 0 Å². The third-order valence-electron chi connectivity index (χ3n) is 3.19. The molecule has 2 nitrogen and oxygen atoms in total. The van der Waals surface area contributed by atoms with Crippen LogP contribution >= 0.6 is 0 Å². The van der Waals surface area contributed by atoms with Gasteiger partial charge in [0.2, 0.25) is 0 Å². The molecule has 0 aliphatic carbocycles. The highest BCUT2D eigenvalue weighted by atomic mass is 16.5. The fourth-order valence-electron chi connectivity index (χ4n) is 2.16. The highest BCUT2D eigenvalue weighted by Gasteiger charge is 2.05. The van der Waals surface area contributed by atoms with Crippen LogP contribution in [0.25, 0.3) is 10.8 Å². The zero-order chi connectivity index (χ0) is 13.1. The van der Waals surface area contributed by atoms with Crippen LogP contribution in [0, 0.1) is 6.92 Å². The predicted molar refractivity (Wildman–Crippen MR) is 77.3 cm³/mol. The van der Waals surface area contributed by atoms with E-state index in [1.807, 2.05) is 37.3 Å². The van der Waals surface area contributed by atoms with Gasteiger partial charge in [0, 0.05) is 16.5 Å². The Labute approximate surface area is 112 Å². The van der Waals surface area contributed by atoms with Gasteiger partial charge in [0.25, 0.3) is 0 Å². The van der Waals surface area contributed by atoms with Gasteiger partial charge in [0.05, 0.1) is 6.20 Å². The zero-order valence-electron chi connectivity index (χ0n) is 10.8. The van der Waals surface area contributed by atoms with Gasteiger partial charge in [0.1, 0.15) is 12.4 Å². The molecule has 0 bridgehead atoms. The van der Waals surface area contributed by atoms with E-state index in [0.717, 1.165) is 27.8 Å². The molecule has 0 aliphatic heterocycles. The van der Waals surface area contributed by atoms with Crippen LogP contribution < -0.4 is 4.74 Å². The van der Waals surface area contributed by atoms with Crippen LogP contribution in [0.3, 0.4) is 0 Å². The van der Waals surface area contributed by atoms with Crippen molar-refractivity contribution in [1.29, 1.82) is 0 Å². The van der Waals surface area contributed by atoms with Crippen LogP contribution in [-0.4, -0.2) is 4.98 Å². The third kappa shape index (κ3) is 2.43. The van der Waals surface area contributed by atoms with E-state index in [4.69, 9.17) is 4.74 Å². The monoisotopic (exact) mass is 249 g/mol. The second-order valence-corrected chi connectivity index (χ2v) is 4.53. The molecule has 0 saturated heterocycles. The lowest BCUT2D eigenvalue weighted by Crippen LogP contribution is -1.97. The molecule has 0 atom stereocenters. The highest BCUT2D eigenvalue weighted by Crippen LogP contribution is 2.26. The van der Waals surface area contributed by atoms with E-state index in [1.165, 1.54) is 0 Å². The number of pyridine rings is 1. The summed E-state index contributed by atoms with van der Waals surface area (Å²) < 4.78 is 5.90. The van der Waals surface area contributed by atoms with E-state index in [0.29, 0.717) is 6.61 Å². The number of nitrogens with zero attached hydrogens (tertiary/aromatic N) is 1. The summed E-state index contributed by atoms with van der Waals surface area (Å²) in [6, 6.07) is 18.4. The Morgan fingerprint density at radius 3 is 2.37 bits per heavy atom. The van der Waals surface area contributed by atoms with Crippen LogP contribution in [0.1, 0.15) is 11.3 Å². The number of aromatic nitrogens is 1. The van der Waals surface area contributed by atoms with E-state index in [2.05, 4.69) is 29.2 Å². The fourth-order valence-corrected chi connectivity index (χ4v) is 2.16. The second kappa shape index (κ2) is 5.11. The van der Waals surface area contributed by atoms with E-state index in [1.54, 1.807) is 6.20 Å². The van der Waals surface area contributed by atoms with Gasteiger partial charge < -0.3 is 4.74 Å². The average Bonchev–Trinajstić information content (AvgIpc) is 2.48. The molecule has 0 fully saturated rings. The maximum atomic E-state index is 5.90. The number of benzene rings is 2. The van der Waals surface area contributed by atoms with E-state index in [-0.39, 0.29) is 0 Å². The largest absolute Gasteiger partial charge is 0.487 e. The third-order valence-corrected chi connectivity index (χ3v) is 3.19. The van der Waals surface area contributed by atoms with Gasteiger partial charge in [-0.25, -0.2) is 0 Å². The van der Waals surface area contributed by atoms with Gasteiger partial charge in [-0.3, -0.25) is 4.98 Å². The molecule has 19 heavy (non-hydrogen) atoms. The maximum absolute atomic E-state index is 5.90. The molecule has 2 heteroatoms. The van der Waals surface area contributed by atoms with E-state index in [9.17, 15) is 0 Å². The van der Waals surface area contributed by atoms with Crippen LogP contribution in [-0.2, 0) is 6.61 Å². The van der Waals surface area contributed by atoms with E-state index < -0.39 is 0 Å². The van der Waals surface area contributed by atoms with Crippen molar-refractivity contribution >= 4 is 10.8 Å². The lowest BCUT2D eigenvalue weighted by molar-refractivity contribution is 0.309. The first-order valence-electron chi connectivity index (χ1n) is 6.35. The molecule has 0 spiro atoms. The Kier molecular flexibility index (Phi) is 3.15. The fraction of sp³-hybridized carbons (Fsp3) is 0.118. The molecular weight excluding hydrogens is 234 g/mol. The van der Waals surface area contributed by atoms with Gasteiger partial charge in [-0.2, -0.15) is 0 Å². The first-order valence-corrected chi connectivity index (χ1v) is 6.35. The minimum atomic E-state index is 0.565. The summed E-state index contributed by atoms with van der Waals surface area (Å²) >= 11 is 0. The molecule has 1 aromatic heterocycles. The number of fused-ring (bicyclic) bond motifs is 1. The molecule has 0 amide bonds. The summed E-state index contributed by atoms with van der Waals surface area (Å²) in [6.07, 6.45) is 1.81. The second-order valence-electron chi connectivity index (χ2n) is 4.53. The molecule has 1 heterocycles. The lowest BCUT2D eigenvalue weighted by atomic mass is 10.1. The number of aryl methyl sites for hydroxylation is 1. The quantitative estimate of drug-likeness (QED) is 0.696. The van der Waals surface area contributed by atoms with Gasteiger partial charge in [-0.05, 0) is 12.5 Å². The molecule has 0 N–H and O–H groups in total. The molecule has 0 saturated carbocycles. The first-order chi connectivity index (χ1) is 9.34. The van der Waals surface area contributed by atoms with Gasteiger partial charge >= 0.3 is 0 Å². The topological polar surface area (TPSA) is 22.1 Å². The minimum Gasteiger partial charge on any atom is -0.487 e. The zero-order valence-corrected chi connectivity index (χ0v) is 10.8. The molecular formula is C17H15NO. The van der Waals surface area contributed by atoms with Crippen molar-refractivity contribution in [3.8, 4) is 5.75 Å². The van der Waals surface area contributed by atoms with Crippen LogP contribution in [0.5, 0.6) is 5.75 Å². The molecule has 0 radical (unpaired) electrons. The Hall–Kier alpha value is -2.35. The van der Waals surface area contributed by atoms with Gasteiger partial charge in [0.15, 0.2) is 0 Å². The highest BCUT2D eigenvalue weighted by molar-refractivity contribution is 5.89. The summed E-state index contributed by atoms with van der Waals surface area (Å²) in [6.45, 7) is 2.58. The molecule has 3 aromatic rings. The Bertz CT molecular complexity index is 692. The van der Waals surface area contributed by atoms with Crippen molar-refractivity contribution in [3.05, 3.63) is 72.1 Å².